The van der Waals surface area contributed by atoms with E-state index in [0.29, 0.717) is 53.0 Å². The van der Waals surface area contributed by atoms with Crippen LogP contribution in [-0.4, -0.2) is 63.1 Å². The van der Waals surface area contributed by atoms with Gasteiger partial charge in [0.2, 0.25) is 0 Å². The van der Waals surface area contributed by atoms with Gasteiger partial charge in [-0.15, -0.1) is 0 Å². The first-order valence-electron chi connectivity index (χ1n) is 12.9. The minimum Gasteiger partial charge on any atom is -0.490 e. The van der Waals surface area contributed by atoms with Crippen LogP contribution in [0.3, 0.4) is 0 Å². The zero-order valence-corrected chi connectivity index (χ0v) is 25.7. The normalized spacial score (nSPS) is 15.3. The number of aliphatic hydroxyl groups excluding tert-OH is 1. The Bertz CT molecular complexity index is 1390. The van der Waals surface area contributed by atoms with Crippen LogP contribution >= 0.6 is 22.6 Å². The van der Waals surface area contributed by atoms with Gasteiger partial charge in [-0.05, 0) is 78.8 Å². The fourth-order valence-electron chi connectivity index (χ4n) is 3.99. The van der Waals surface area contributed by atoms with Crippen molar-refractivity contribution in [2.75, 3.05) is 33.5 Å². The number of rotatable bonds is 14. The van der Waals surface area contributed by atoms with Crippen molar-refractivity contribution in [2.45, 2.75) is 33.0 Å². The van der Waals surface area contributed by atoms with Crippen molar-refractivity contribution >= 4 is 40.8 Å². The number of hydrogen-bond donors (Lipinski definition) is 4. The van der Waals surface area contributed by atoms with Crippen LogP contribution in [0.4, 0.5) is 4.79 Å². The second kappa shape index (κ2) is 15.7. The van der Waals surface area contributed by atoms with Crippen LogP contribution in [0, 0.1) is 14.9 Å². The Labute approximate surface area is 256 Å². The predicted molar refractivity (Wildman–Crippen MR) is 160 cm³/mol. The van der Waals surface area contributed by atoms with Gasteiger partial charge >= 0.3 is 12.0 Å². The minimum absolute atomic E-state index is 0.106. The van der Waals surface area contributed by atoms with Crippen LogP contribution in [-0.2, 0) is 9.53 Å². The average Bonchev–Trinajstić information content (AvgIpc) is 2.95. The van der Waals surface area contributed by atoms with E-state index in [2.05, 4.69) is 43.8 Å². The third kappa shape index (κ3) is 8.40. The fraction of sp³-hybridized carbons (Fsp3) is 0.357. The summed E-state index contributed by atoms with van der Waals surface area (Å²) in [7, 11) is 1.27. The molecule has 0 fully saturated rings. The summed E-state index contributed by atoms with van der Waals surface area (Å²) in [5, 5.41) is 28.6. The number of amides is 2. The third-order valence-electron chi connectivity index (χ3n) is 5.72. The lowest BCUT2D eigenvalue weighted by molar-refractivity contribution is -0.136. The Morgan fingerprint density at radius 2 is 1.90 bits per heavy atom. The lowest BCUT2D eigenvalue weighted by atomic mass is 9.95. The highest BCUT2D eigenvalue weighted by atomic mass is 127. The first-order chi connectivity index (χ1) is 20.2. The van der Waals surface area contributed by atoms with Crippen molar-refractivity contribution < 1.29 is 38.4 Å². The molecule has 0 aliphatic carbocycles. The molecule has 2 amide bonds. The molecule has 2 atom stereocenters. The van der Waals surface area contributed by atoms with Gasteiger partial charge in [-0.3, -0.25) is 5.43 Å². The van der Waals surface area contributed by atoms with Gasteiger partial charge in [0, 0.05) is 5.70 Å². The van der Waals surface area contributed by atoms with Crippen molar-refractivity contribution in [1.82, 2.24) is 16.1 Å². The SMILES string of the molecule is CCOc1cc([C@@H]2NC(=O)NC(C)=C2C(=O)OC)ccc1OC[C@@H](O)N/N=C\c1cc(I)c(OCC#N)c(OCC)c1. The molecule has 13 nitrogen and oxygen atoms in total. The molecule has 1 heterocycles. The summed E-state index contributed by atoms with van der Waals surface area (Å²) < 4.78 is 28.3. The van der Waals surface area contributed by atoms with Gasteiger partial charge in [0.05, 0.1) is 41.7 Å². The summed E-state index contributed by atoms with van der Waals surface area (Å²) in [6, 6.07) is 9.20. The zero-order valence-electron chi connectivity index (χ0n) is 23.5. The van der Waals surface area contributed by atoms with E-state index in [4.69, 9.17) is 28.9 Å². The quantitative estimate of drug-likeness (QED) is 0.0758. The molecule has 0 saturated carbocycles. The van der Waals surface area contributed by atoms with Gasteiger partial charge in [0.25, 0.3) is 0 Å². The van der Waals surface area contributed by atoms with E-state index in [1.54, 1.807) is 44.2 Å². The van der Waals surface area contributed by atoms with Crippen molar-refractivity contribution in [3.8, 4) is 29.1 Å². The maximum atomic E-state index is 12.4. The van der Waals surface area contributed by atoms with Crippen LogP contribution in [0.1, 0.15) is 37.9 Å². The summed E-state index contributed by atoms with van der Waals surface area (Å²) in [6.45, 7) is 5.72. The largest absolute Gasteiger partial charge is 0.490 e. The monoisotopic (exact) mass is 693 g/mol. The van der Waals surface area contributed by atoms with E-state index in [1.807, 2.05) is 13.0 Å². The molecule has 4 N–H and O–H groups in total. The molecule has 224 valence electrons. The first-order valence-corrected chi connectivity index (χ1v) is 14.0. The number of nitrogens with one attached hydrogen (secondary N) is 3. The number of ether oxygens (including phenoxy) is 5. The number of carbonyl (C=O) groups excluding carboxylic acids is 2. The molecule has 0 bridgehead atoms. The van der Waals surface area contributed by atoms with E-state index in [0.717, 1.165) is 3.57 Å². The number of hydrogen-bond acceptors (Lipinski definition) is 11. The number of benzene rings is 2. The molecule has 0 saturated heterocycles. The van der Waals surface area contributed by atoms with E-state index >= 15 is 0 Å². The number of methoxy groups -OCH3 is 1. The van der Waals surface area contributed by atoms with Crippen molar-refractivity contribution in [3.63, 3.8) is 0 Å². The molecule has 3 rings (SSSR count). The van der Waals surface area contributed by atoms with Gasteiger partial charge in [-0.2, -0.15) is 10.4 Å². The van der Waals surface area contributed by atoms with Gasteiger partial charge in [0.1, 0.15) is 12.7 Å². The smallest absolute Gasteiger partial charge is 0.337 e. The van der Waals surface area contributed by atoms with Crippen molar-refractivity contribution in [2.24, 2.45) is 5.10 Å². The minimum atomic E-state index is -1.17. The Morgan fingerprint density at radius 3 is 2.60 bits per heavy atom. The Hall–Kier alpha value is -4.23. The number of aliphatic hydroxyl groups is 1. The van der Waals surface area contributed by atoms with Crippen molar-refractivity contribution in [3.05, 3.63) is 56.3 Å². The maximum Gasteiger partial charge on any atom is 0.337 e. The summed E-state index contributed by atoms with van der Waals surface area (Å²) in [4.78, 5) is 24.5. The molecular weight excluding hydrogens is 661 g/mol. The number of hydrazone groups is 1. The Morgan fingerprint density at radius 1 is 1.17 bits per heavy atom. The second-order valence-corrected chi connectivity index (χ2v) is 9.79. The summed E-state index contributed by atoms with van der Waals surface area (Å²) >= 11 is 2.08. The lowest BCUT2D eigenvalue weighted by Gasteiger charge is -2.28. The molecule has 0 aromatic heterocycles. The van der Waals surface area contributed by atoms with E-state index in [1.165, 1.54) is 13.3 Å². The lowest BCUT2D eigenvalue weighted by Crippen LogP contribution is -2.45. The van der Waals surface area contributed by atoms with Crippen LogP contribution < -0.4 is 35.0 Å². The van der Waals surface area contributed by atoms with Crippen molar-refractivity contribution in [1.29, 1.82) is 5.26 Å². The highest BCUT2D eigenvalue weighted by Gasteiger charge is 2.32. The molecule has 1 aliphatic heterocycles. The fourth-order valence-corrected chi connectivity index (χ4v) is 4.77. The molecule has 42 heavy (non-hydrogen) atoms. The van der Waals surface area contributed by atoms with Gasteiger partial charge in [0.15, 0.2) is 35.8 Å². The topological polar surface area (TPSA) is 173 Å². The summed E-state index contributed by atoms with van der Waals surface area (Å²) in [5.41, 5.74) is 4.51. The Kier molecular flexibility index (Phi) is 12.1. The Balaban J connectivity index is 1.69. The average molecular weight is 693 g/mol. The van der Waals surface area contributed by atoms with Gasteiger partial charge in [-0.25, -0.2) is 9.59 Å². The standard InChI is InChI=1S/C28H32IN5O8/c1-5-39-21-13-18(25-24(27(36)38-4)16(3)32-28(37)33-25)7-8-20(21)42-15-23(35)34-31-14-17-11-19(29)26(41-10-9-30)22(12-17)40-6-2/h7-8,11-14,23,25,34-35H,5-6,10,15H2,1-4H3,(H2,32,33,37)/b31-14-/t23-,25+/m1/s1. The number of esters is 1. The molecule has 1 aliphatic rings. The highest BCUT2D eigenvalue weighted by molar-refractivity contribution is 14.1. The van der Waals surface area contributed by atoms with Crippen LogP contribution in [0.15, 0.2) is 46.7 Å². The molecule has 0 spiro atoms. The van der Waals surface area contributed by atoms with Gasteiger partial charge in [-0.1, -0.05) is 6.07 Å². The molecular formula is C28H32IN5O8. The molecule has 14 heteroatoms. The number of urea groups is 1. The summed E-state index contributed by atoms with van der Waals surface area (Å²) in [6.07, 6.45) is 0.337. The molecule has 0 radical (unpaired) electrons. The highest BCUT2D eigenvalue weighted by Crippen LogP contribution is 2.35. The van der Waals surface area contributed by atoms with E-state index in [9.17, 15) is 14.7 Å². The zero-order chi connectivity index (χ0) is 30.6. The van der Waals surface area contributed by atoms with E-state index < -0.39 is 24.3 Å². The third-order valence-corrected chi connectivity index (χ3v) is 6.52. The van der Waals surface area contributed by atoms with Crippen LogP contribution in [0.5, 0.6) is 23.0 Å². The molecule has 2 aromatic rings. The number of nitriles is 1. The molecule has 0 unspecified atom stereocenters. The number of halogens is 1. The first kappa shape index (κ1) is 32.3. The predicted octanol–water partition coefficient (Wildman–Crippen LogP) is 3.11. The number of carbonyl (C=O) groups is 2. The summed E-state index contributed by atoms with van der Waals surface area (Å²) in [5.74, 6) is 1.08. The van der Waals surface area contributed by atoms with Crippen LogP contribution in [0.2, 0.25) is 0 Å². The second-order valence-electron chi connectivity index (χ2n) is 8.62. The molecule has 2 aromatic carbocycles. The van der Waals surface area contributed by atoms with E-state index in [-0.39, 0.29) is 18.8 Å². The number of nitrogens with zero attached hydrogens (tertiary/aromatic N) is 2. The number of allylic oxidation sites excluding steroid dienone is 1. The maximum absolute atomic E-state index is 12.4. The van der Waals surface area contributed by atoms with Crippen LogP contribution in [0.25, 0.3) is 0 Å². The van der Waals surface area contributed by atoms with Gasteiger partial charge < -0.3 is 39.4 Å².